The SMILES string of the molecule is Cc1nn(CC(C)C)c(C)c1CC(=O)NCC(C)(C)c1cccc(C(F)(F)F)c1. The van der Waals surface area contributed by atoms with Gasteiger partial charge in [0.2, 0.25) is 5.91 Å². The number of nitrogens with one attached hydrogen (secondary N) is 1. The van der Waals surface area contributed by atoms with Gasteiger partial charge in [-0.3, -0.25) is 9.48 Å². The molecule has 0 aliphatic carbocycles. The van der Waals surface area contributed by atoms with E-state index in [9.17, 15) is 18.0 Å². The molecule has 4 nitrogen and oxygen atoms in total. The van der Waals surface area contributed by atoms with E-state index in [2.05, 4.69) is 24.3 Å². The Labute approximate surface area is 170 Å². The maximum absolute atomic E-state index is 13.0. The van der Waals surface area contributed by atoms with E-state index in [4.69, 9.17) is 0 Å². The summed E-state index contributed by atoms with van der Waals surface area (Å²) in [5.74, 6) is 0.281. The van der Waals surface area contributed by atoms with Gasteiger partial charge < -0.3 is 5.32 Å². The van der Waals surface area contributed by atoms with E-state index in [0.29, 0.717) is 11.5 Å². The molecule has 2 rings (SSSR count). The minimum atomic E-state index is -4.39. The number of alkyl halides is 3. The van der Waals surface area contributed by atoms with Crippen LogP contribution in [0.5, 0.6) is 0 Å². The van der Waals surface area contributed by atoms with Crippen LogP contribution >= 0.6 is 0 Å². The first-order valence-electron chi connectivity index (χ1n) is 9.78. The molecule has 0 saturated heterocycles. The van der Waals surface area contributed by atoms with Crippen LogP contribution < -0.4 is 5.32 Å². The average molecular weight is 409 g/mol. The Hall–Kier alpha value is -2.31. The van der Waals surface area contributed by atoms with Crippen LogP contribution in [-0.2, 0) is 29.4 Å². The first-order valence-corrected chi connectivity index (χ1v) is 9.78. The number of carbonyl (C=O) groups excluding carboxylic acids is 1. The molecule has 7 heteroatoms. The summed E-state index contributed by atoms with van der Waals surface area (Å²) in [5.41, 5.74) is 1.92. The van der Waals surface area contributed by atoms with Crippen LogP contribution in [0.3, 0.4) is 0 Å². The monoisotopic (exact) mass is 409 g/mol. The number of nitrogens with zero attached hydrogens (tertiary/aromatic N) is 2. The molecule has 0 saturated carbocycles. The molecule has 1 N–H and O–H groups in total. The zero-order valence-corrected chi connectivity index (χ0v) is 17.9. The predicted octanol–water partition coefficient (Wildman–Crippen LogP) is 4.81. The molecule has 0 spiro atoms. The largest absolute Gasteiger partial charge is 0.416 e. The predicted molar refractivity (Wildman–Crippen MR) is 108 cm³/mol. The summed E-state index contributed by atoms with van der Waals surface area (Å²) in [5, 5.41) is 7.40. The molecular weight excluding hydrogens is 379 g/mol. The van der Waals surface area contributed by atoms with Crippen LogP contribution in [0.2, 0.25) is 0 Å². The van der Waals surface area contributed by atoms with Gasteiger partial charge in [0.1, 0.15) is 0 Å². The minimum Gasteiger partial charge on any atom is -0.355 e. The molecule has 0 aliphatic heterocycles. The second kappa shape index (κ2) is 8.59. The third-order valence-corrected chi connectivity index (χ3v) is 5.11. The number of amides is 1. The fourth-order valence-electron chi connectivity index (χ4n) is 3.27. The standard InChI is InChI=1S/C22H30F3N3O/c1-14(2)12-28-16(4)19(15(3)27-28)11-20(29)26-13-21(5,6)17-8-7-9-18(10-17)22(23,24)25/h7-10,14H,11-13H2,1-6H3,(H,26,29). The minimum absolute atomic E-state index is 0.166. The summed E-state index contributed by atoms with van der Waals surface area (Å²) in [7, 11) is 0. The highest BCUT2D eigenvalue weighted by atomic mass is 19.4. The third-order valence-electron chi connectivity index (χ3n) is 5.11. The fourth-order valence-corrected chi connectivity index (χ4v) is 3.27. The molecule has 1 aromatic heterocycles. The van der Waals surface area contributed by atoms with E-state index in [1.807, 2.05) is 32.4 Å². The Morgan fingerprint density at radius 1 is 1.17 bits per heavy atom. The Morgan fingerprint density at radius 2 is 1.79 bits per heavy atom. The number of benzene rings is 1. The van der Waals surface area contributed by atoms with Gasteiger partial charge in [0, 0.05) is 29.8 Å². The number of aryl methyl sites for hydroxylation is 1. The maximum Gasteiger partial charge on any atom is 0.416 e. The molecule has 1 amide bonds. The lowest BCUT2D eigenvalue weighted by atomic mass is 9.83. The molecule has 2 aromatic rings. The molecule has 1 heterocycles. The average Bonchev–Trinajstić information content (AvgIpc) is 2.86. The molecule has 0 radical (unpaired) electrons. The number of halogens is 3. The van der Waals surface area contributed by atoms with E-state index < -0.39 is 17.2 Å². The Balaban J connectivity index is 2.06. The highest BCUT2D eigenvalue weighted by molar-refractivity contribution is 5.79. The molecule has 0 aliphatic rings. The number of hydrogen-bond donors (Lipinski definition) is 1. The van der Waals surface area contributed by atoms with Crippen molar-refractivity contribution in [1.29, 1.82) is 0 Å². The van der Waals surface area contributed by atoms with Gasteiger partial charge in [0.05, 0.1) is 17.7 Å². The quantitative estimate of drug-likeness (QED) is 0.713. The second-order valence-electron chi connectivity index (χ2n) is 8.64. The van der Waals surface area contributed by atoms with Gasteiger partial charge in [-0.2, -0.15) is 18.3 Å². The van der Waals surface area contributed by atoms with Gasteiger partial charge in [0.15, 0.2) is 0 Å². The number of aromatic nitrogens is 2. The van der Waals surface area contributed by atoms with Gasteiger partial charge in [0.25, 0.3) is 0 Å². The lowest BCUT2D eigenvalue weighted by molar-refractivity contribution is -0.137. The first kappa shape index (κ1) is 23.0. The molecule has 0 atom stereocenters. The van der Waals surface area contributed by atoms with Crippen molar-refractivity contribution in [1.82, 2.24) is 15.1 Å². The molecular formula is C22H30F3N3O. The van der Waals surface area contributed by atoms with Crippen LogP contribution in [0.15, 0.2) is 24.3 Å². The van der Waals surface area contributed by atoms with Gasteiger partial charge in [-0.25, -0.2) is 0 Å². The van der Waals surface area contributed by atoms with Crippen LogP contribution in [0, 0.1) is 19.8 Å². The zero-order chi connectivity index (χ0) is 22.0. The maximum atomic E-state index is 13.0. The fraction of sp³-hybridized carbons (Fsp3) is 0.545. The van der Waals surface area contributed by atoms with E-state index in [1.54, 1.807) is 6.07 Å². The van der Waals surface area contributed by atoms with Crippen molar-refractivity contribution >= 4 is 5.91 Å². The topological polar surface area (TPSA) is 46.9 Å². The Bertz CT molecular complexity index is 867. The highest BCUT2D eigenvalue weighted by Crippen LogP contribution is 2.32. The normalized spacial score (nSPS) is 12.5. The summed E-state index contributed by atoms with van der Waals surface area (Å²) in [6, 6.07) is 5.26. The van der Waals surface area contributed by atoms with Gasteiger partial charge in [-0.05, 0) is 31.4 Å². The molecule has 29 heavy (non-hydrogen) atoms. The highest BCUT2D eigenvalue weighted by Gasteiger charge is 2.32. The molecule has 160 valence electrons. The van der Waals surface area contributed by atoms with E-state index in [-0.39, 0.29) is 18.9 Å². The molecule has 0 bridgehead atoms. The van der Waals surface area contributed by atoms with Crippen molar-refractivity contribution in [2.24, 2.45) is 5.92 Å². The van der Waals surface area contributed by atoms with Crippen LogP contribution in [0.1, 0.15) is 55.8 Å². The van der Waals surface area contributed by atoms with Gasteiger partial charge in [-0.1, -0.05) is 45.9 Å². The second-order valence-corrected chi connectivity index (χ2v) is 8.64. The smallest absolute Gasteiger partial charge is 0.355 e. The Morgan fingerprint density at radius 3 is 2.38 bits per heavy atom. The number of rotatable bonds is 7. The molecule has 0 fully saturated rings. The third kappa shape index (κ3) is 5.84. The van der Waals surface area contributed by atoms with Crippen molar-refractivity contribution in [3.8, 4) is 0 Å². The first-order chi connectivity index (χ1) is 13.3. The van der Waals surface area contributed by atoms with Crippen molar-refractivity contribution in [2.45, 2.75) is 66.1 Å². The van der Waals surface area contributed by atoms with E-state index in [0.717, 1.165) is 35.6 Å². The van der Waals surface area contributed by atoms with E-state index >= 15 is 0 Å². The van der Waals surface area contributed by atoms with Crippen molar-refractivity contribution in [2.75, 3.05) is 6.54 Å². The van der Waals surface area contributed by atoms with Crippen molar-refractivity contribution in [3.63, 3.8) is 0 Å². The summed E-state index contributed by atoms with van der Waals surface area (Å²) in [6.07, 6.45) is -4.19. The number of hydrogen-bond acceptors (Lipinski definition) is 2. The van der Waals surface area contributed by atoms with Gasteiger partial charge in [-0.15, -0.1) is 0 Å². The van der Waals surface area contributed by atoms with E-state index in [1.165, 1.54) is 6.07 Å². The van der Waals surface area contributed by atoms with Crippen molar-refractivity contribution in [3.05, 3.63) is 52.3 Å². The lowest BCUT2D eigenvalue weighted by Gasteiger charge is -2.26. The Kier molecular flexibility index (Phi) is 6.81. The molecule has 0 unspecified atom stereocenters. The van der Waals surface area contributed by atoms with Crippen LogP contribution in [-0.4, -0.2) is 22.2 Å². The zero-order valence-electron chi connectivity index (χ0n) is 17.9. The summed E-state index contributed by atoms with van der Waals surface area (Å²) in [4.78, 5) is 12.5. The lowest BCUT2D eigenvalue weighted by Crippen LogP contribution is -2.37. The van der Waals surface area contributed by atoms with Crippen LogP contribution in [0.4, 0.5) is 13.2 Å². The summed E-state index contributed by atoms with van der Waals surface area (Å²) >= 11 is 0. The molecule has 1 aromatic carbocycles. The van der Waals surface area contributed by atoms with Crippen molar-refractivity contribution < 1.29 is 18.0 Å². The summed E-state index contributed by atoms with van der Waals surface area (Å²) in [6.45, 7) is 12.7. The van der Waals surface area contributed by atoms with Crippen LogP contribution in [0.25, 0.3) is 0 Å². The number of carbonyl (C=O) groups is 1. The summed E-state index contributed by atoms with van der Waals surface area (Å²) < 4.78 is 40.9. The van der Waals surface area contributed by atoms with Gasteiger partial charge >= 0.3 is 6.18 Å².